The number of rotatable bonds is 4. The Kier molecular flexibility index (Phi) is 5.08. The van der Waals surface area contributed by atoms with Crippen molar-refractivity contribution in [3.05, 3.63) is 10.0 Å². The van der Waals surface area contributed by atoms with Gasteiger partial charge >= 0.3 is 0 Å². The summed E-state index contributed by atoms with van der Waals surface area (Å²) in [5, 5.41) is 10.1. The predicted molar refractivity (Wildman–Crippen MR) is 85.8 cm³/mol. The summed E-state index contributed by atoms with van der Waals surface area (Å²) in [6, 6.07) is 0. The van der Waals surface area contributed by atoms with Gasteiger partial charge in [0, 0.05) is 39.3 Å². The van der Waals surface area contributed by atoms with Crippen LogP contribution in [0.5, 0.6) is 0 Å². The second-order valence-corrected chi connectivity index (χ2v) is 9.05. The molecule has 7 nitrogen and oxygen atoms in total. The summed E-state index contributed by atoms with van der Waals surface area (Å²) >= 11 is 1.61. The summed E-state index contributed by atoms with van der Waals surface area (Å²) in [6.45, 7) is 6.71. The number of piperidine rings is 1. The molecule has 0 radical (unpaired) electrons. The van der Waals surface area contributed by atoms with Crippen molar-refractivity contribution in [2.45, 2.75) is 32.7 Å². The van der Waals surface area contributed by atoms with Crippen molar-refractivity contribution in [2.24, 2.45) is 0 Å². The Morgan fingerprint density at radius 3 is 2.18 bits per heavy atom. The predicted octanol–water partition coefficient (Wildman–Crippen LogP) is 0.695. The lowest BCUT2D eigenvalue weighted by Crippen LogP contribution is -2.53. The van der Waals surface area contributed by atoms with Crippen LogP contribution < -0.4 is 0 Å². The number of aryl methyl sites for hydroxylation is 1. The first-order chi connectivity index (χ1) is 10.6. The Balaban J connectivity index is 1.54. The highest BCUT2D eigenvalue weighted by atomic mass is 32.2. The van der Waals surface area contributed by atoms with Gasteiger partial charge in [-0.05, 0) is 19.8 Å². The molecule has 0 spiro atoms. The second-order valence-electron chi connectivity index (χ2n) is 5.86. The Labute approximate surface area is 136 Å². The maximum Gasteiger partial charge on any atom is 0.282 e. The quantitative estimate of drug-likeness (QED) is 0.803. The molecule has 0 aromatic carbocycles. The fourth-order valence-electron chi connectivity index (χ4n) is 2.97. The maximum absolute atomic E-state index is 12.6. The number of piperazine rings is 1. The third kappa shape index (κ3) is 3.65. The molecule has 0 amide bonds. The number of hydrogen-bond donors (Lipinski definition) is 0. The molecule has 0 aliphatic carbocycles. The van der Waals surface area contributed by atoms with Gasteiger partial charge in [0.25, 0.3) is 10.2 Å². The lowest BCUT2D eigenvalue weighted by Gasteiger charge is -2.37. The molecule has 9 heteroatoms. The highest BCUT2D eigenvalue weighted by Gasteiger charge is 2.33. The lowest BCUT2D eigenvalue weighted by molar-refractivity contribution is 0.172. The van der Waals surface area contributed by atoms with Gasteiger partial charge < -0.3 is 0 Å². The molecule has 0 atom stereocenters. The summed E-state index contributed by atoms with van der Waals surface area (Å²) < 4.78 is 28.5. The fourth-order valence-corrected chi connectivity index (χ4v) is 5.39. The van der Waals surface area contributed by atoms with Gasteiger partial charge in [-0.15, -0.1) is 21.5 Å². The van der Waals surface area contributed by atoms with Crippen LogP contribution in [0.1, 0.15) is 29.3 Å². The number of nitrogens with zero attached hydrogens (tertiary/aromatic N) is 5. The molecule has 0 bridgehead atoms. The van der Waals surface area contributed by atoms with E-state index in [1.165, 1.54) is 0 Å². The van der Waals surface area contributed by atoms with E-state index in [9.17, 15) is 8.42 Å². The summed E-state index contributed by atoms with van der Waals surface area (Å²) in [4.78, 5) is 2.25. The normalized spacial score (nSPS) is 23.0. The van der Waals surface area contributed by atoms with Gasteiger partial charge in [-0.25, -0.2) is 0 Å². The van der Waals surface area contributed by atoms with Crippen molar-refractivity contribution in [3.63, 3.8) is 0 Å². The van der Waals surface area contributed by atoms with E-state index in [0.717, 1.165) is 48.9 Å². The topological polar surface area (TPSA) is 69.6 Å². The van der Waals surface area contributed by atoms with Crippen molar-refractivity contribution in [2.75, 3.05) is 39.3 Å². The van der Waals surface area contributed by atoms with Gasteiger partial charge in [-0.1, -0.05) is 6.42 Å². The molecule has 2 aliphatic rings. The van der Waals surface area contributed by atoms with Crippen molar-refractivity contribution in [3.8, 4) is 0 Å². The summed E-state index contributed by atoms with van der Waals surface area (Å²) in [5.41, 5.74) is 0. The third-order valence-corrected chi connectivity index (χ3v) is 7.08. The molecular formula is C13H23N5O2S2. The molecule has 0 saturated carbocycles. The van der Waals surface area contributed by atoms with Crippen molar-refractivity contribution in [1.82, 2.24) is 23.7 Å². The van der Waals surface area contributed by atoms with Gasteiger partial charge in [0.15, 0.2) is 0 Å². The van der Waals surface area contributed by atoms with Gasteiger partial charge in [0.05, 0.1) is 6.54 Å². The molecule has 1 aromatic rings. The summed E-state index contributed by atoms with van der Waals surface area (Å²) in [6.07, 6.45) is 3.10. The average molecular weight is 345 g/mol. The molecular weight excluding hydrogens is 322 g/mol. The van der Waals surface area contributed by atoms with Crippen LogP contribution in [-0.2, 0) is 16.8 Å². The zero-order chi connectivity index (χ0) is 15.6. The number of aromatic nitrogens is 2. The monoisotopic (exact) mass is 345 g/mol. The smallest absolute Gasteiger partial charge is 0.282 e. The van der Waals surface area contributed by atoms with E-state index in [4.69, 9.17) is 0 Å². The zero-order valence-electron chi connectivity index (χ0n) is 12.9. The van der Waals surface area contributed by atoms with E-state index >= 15 is 0 Å². The Bertz CT molecular complexity index is 589. The van der Waals surface area contributed by atoms with E-state index in [1.54, 1.807) is 19.9 Å². The second kappa shape index (κ2) is 6.88. The molecule has 3 rings (SSSR count). The molecule has 2 aliphatic heterocycles. The molecule has 3 heterocycles. The Morgan fingerprint density at radius 2 is 1.59 bits per heavy atom. The largest absolute Gasteiger partial charge is 0.294 e. The summed E-state index contributed by atoms with van der Waals surface area (Å²) in [5.74, 6) is 0. The minimum absolute atomic E-state index is 0.566. The average Bonchev–Trinajstić information content (AvgIpc) is 2.94. The van der Waals surface area contributed by atoms with Crippen molar-refractivity contribution in [1.29, 1.82) is 0 Å². The highest BCUT2D eigenvalue weighted by Crippen LogP contribution is 2.19. The first kappa shape index (κ1) is 16.3. The van der Waals surface area contributed by atoms with Crippen LogP contribution in [0.3, 0.4) is 0 Å². The minimum Gasteiger partial charge on any atom is -0.294 e. The zero-order valence-corrected chi connectivity index (χ0v) is 14.6. The van der Waals surface area contributed by atoms with E-state index in [1.807, 2.05) is 6.92 Å². The molecule has 22 heavy (non-hydrogen) atoms. The minimum atomic E-state index is -3.26. The fraction of sp³-hybridized carbons (Fsp3) is 0.846. The van der Waals surface area contributed by atoms with E-state index in [-0.39, 0.29) is 0 Å². The maximum atomic E-state index is 12.6. The molecule has 1 aromatic heterocycles. The van der Waals surface area contributed by atoms with Gasteiger partial charge in [-0.2, -0.15) is 17.0 Å². The summed E-state index contributed by atoms with van der Waals surface area (Å²) in [7, 11) is -3.26. The van der Waals surface area contributed by atoms with Gasteiger partial charge in [-0.3, -0.25) is 4.90 Å². The van der Waals surface area contributed by atoms with E-state index in [0.29, 0.717) is 26.2 Å². The first-order valence-electron chi connectivity index (χ1n) is 7.82. The van der Waals surface area contributed by atoms with Gasteiger partial charge in [0.1, 0.15) is 10.0 Å². The van der Waals surface area contributed by atoms with Crippen LogP contribution in [0.4, 0.5) is 0 Å². The standard InChI is InChI=1S/C13H23N5O2S2/c1-12-14-15-13(21-12)11-16-7-9-18(10-8-16)22(19,20)17-5-3-2-4-6-17/h2-11H2,1H3. The lowest BCUT2D eigenvalue weighted by atomic mass is 10.2. The van der Waals surface area contributed by atoms with Crippen LogP contribution in [0.2, 0.25) is 0 Å². The van der Waals surface area contributed by atoms with Crippen LogP contribution in [0, 0.1) is 6.92 Å². The molecule has 2 saturated heterocycles. The van der Waals surface area contributed by atoms with Crippen LogP contribution >= 0.6 is 11.3 Å². The Hall–Kier alpha value is -0.610. The van der Waals surface area contributed by atoms with Crippen LogP contribution in [0.25, 0.3) is 0 Å². The first-order valence-corrected chi connectivity index (χ1v) is 10.0. The Morgan fingerprint density at radius 1 is 0.955 bits per heavy atom. The number of hydrogen-bond acceptors (Lipinski definition) is 6. The van der Waals surface area contributed by atoms with Crippen molar-refractivity contribution >= 4 is 21.5 Å². The van der Waals surface area contributed by atoms with Crippen molar-refractivity contribution < 1.29 is 8.42 Å². The molecule has 0 N–H and O–H groups in total. The SMILES string of the molecule is Cc1nnc(CN2CCN(S(=O)(=O)N3CCCCC3)CC2)s1. The van der Waals surface area contributed by atoms with Crippen LogP contribution in [-0.4, -0.2) is 71.4 Å². The molecule has 2 fully saturated rings. The third-order valence-electron chi connectivity index (χ3n) is 4.23. The van der Waals surface area contributed by atoms with E-state index < -0.39 is 10.2 Å². The highest BCUT2D eigenvalue weighted by molar-refractivity contribution is 7.86. The van der Waals surface area contributed by atoms with Crippen LogP contribution in [0.15, 0.2) is 0 Å². The molecule has 124 valence electrons. The molecule has 0 unspecified atom stereocenters. The van der Waals surface area contributed by atoms with Gasteiger partial charge in [0.2, 0.25) is 0 Å². The van der Waals surface area contributed by atoms with E-state index in [2.05, 4.69) is 15.1 Å².